The van der Waals surface area contributed by atoms with Gasteiger partial charge in [0.1, 0.15) is 4.88 Å². The molecule has 14 nitrogen and oxygen atoms in total. The summed E-state index contributed by atoms with van der Waals surface area (Å²) in [4.78, 5) is 50.2. The number of likely N-dealkylation sites (tertiary alicyclic amines) is 1. The maximum absolute atomic E-state index is 12.6. The van der Waals surface area contributed by atoms with Crippen LogP contribution in [0.5, 0.6) is 0 Å². The molecule has 2 atom stereocenters. The average molecular weight is 776 g/mol. The van der Waals surface area contributed by atoms with Crippen LogP contribution in [0, 0.1) is 0 Å². The number of carbonyl (C=O) groups is 3. The molecule has 10 rings (SSSR count). The predicted molar refractivity (Wildman–Crippen MR) is 222 cm³/mol. The summed E-state index contributed by atoms with van der Waals surface area (Å²) >= 11 is 1.54. The lowest BCUT2D eigenvalue weighted by atomic mass is 9.93. The molecule has 0 saturated carbocycles. The summed E-state index contributed by atoms with van der Waals surface area (Å²) in [5, 5.41) is 23.9. The molecule has 56 heavy (non-hydrogen) atoms. The van der Waals surface area contributed by atoms with E-state index in [4.69, 9.17) is 15.2 Å². The van der Waals surface area contributed by atoms with Crippen LogP contribution in [0.15, 0.2) is 47.6 Å². The molecule has 3 fully saturated rings. The molecule has 8 heterocycles. The minimum atomic E-state index is -0.392. The van der Waals surface area contributed by atoms with Crippen LogP contribution in [-0.2, 0) is 16.6 Å². The van der Waals surface area contributed by atoms with Crippen LogP contribution in [0.1, 0.15) is 59.6 Å². The maximum atomic E-state index is 12.6. The van der Waals surface area contributed by atoms with E-state index in [2.05, 4.69) is 84.3 Å². The van der Waals surface area contributed by atoms with E-state index in [0.717, 1.165) is 113 Å². The second-order valence-corrected chi connectivity index (χ2v) is 16.2. The van der Waals surface area contributed by atoms with E-state index in [1.807, 2.05) is 25.6 Å². The fraction of sp³-hybridized carbons (Fsp3) is 0.463. The summed E-state index contributed by atoms with van der Waals surface area (Å²) in [5.74, 6) is -0.701. The second-order valence-electron chi connectivity index (χ2n) is 15.2. The van der Waals surface area contributed by atoms with Crippen molar-refractivity contribution in [1.82, 2.24) is 40.2 Å². The third-order valence-electron chi connectivity index (χ3n) is 11.9. The zero-order valence-corrected chi connectivity index (χ0v) is 33.1. The number of nitrogens with one attached hydrogen (secondary N) is 3. The number of nitrogens with zero attached hydrogens (tertiary/aromatic N) is 8. The monoisotopic (exact) mass is 775 g/mol. The number of hydrogen-bond donors (Lipinski definition) is 3. The number of imide groups is 1. The summed E-state index contributed by atoms with van der Waals surface area (Å²) < 4.78 is 2.96. The van der Waals surface area contributed by atoms with Gasteiger partial charge < -0.3 is 15.5 Å². The van der Waals surface area contributed by atoms with Gasteiger partial charge in [-0.05, 0) is 42.8 Å². The quantitative estimate of drug-likeness (QED) is 0.208. The lowest BCUT2D eigenvalue weighted by molar-refractivity contribution is -0.134. The highest BCUT2D eigenvalue weighted by atomic mass is 32.1. The van der Waals surface area contributed by atoms with Crippen molar-refractivity contribution in [3.63, 3.8) is 0 Å². The number of aromatic nitrogens is 3. The van der Waals surface area contributed by atoms with Gasteiger partial charge in [-0.25, -0.2) is 0 Å². The fourth-order valence-electron chi connectivity index (χ4n) is 8.78. The van der Waals surface area contributed by atoms with Crippen LogP contribution in [0.25, 0.3) is 31.9 Å². The molecule has 3 N–H and O–H groups in total. The molecular weight excluding hydrogens is 727 g/mol. The lowest BCUT2D eigenvalue weighted by Crippen LogP contribution is -2.59. The van der Waals surface area contributed by atoms with E-state index in [1.54, 1.807) is 0 Å². The molecular formula is C41H49N11O3S. The van der Waals surface area contributed by atoms with Crippen LogP contribution in [0.3, 0.4) is 0 Å². The van der Waals surface area contributed by atoms with Gasteiger partial charge in [0.15, 0.2) is 0 Å². The number of carbonyl (C=O) groups excluding carboxylic acids is 3. The van der Waals surface area contributed by atoms with Gasteiger partial charge in [0, 0.05) is 118 Å². The van der Waals surface area contributed by atoms with Gasteiger partial charge in [0.25, 0.3) is 5.91 Å². The molecule has 15 heteroatoms. The Kier molecular flexibility index (Phi) is 9.84. The molecule has 0 aliphatic carbocycles. The molecule has 5 aliphatic heterocycles. The largest absolute Gasteiger partial charge is 0.381 e. The Morgan fingerprint density at radius 1 is 0.875 bits per heavy atom. The highest BCUT2D eigenvalue weighted by Crippen LogP contribution is 2.41. The number of hydrogen-bond acceptors (Lipinski definition) is 12. The number of piperidine rings is 1. The predicted octanol–water partition coefficient (Wildman–Crippen LogP) is 3.93. The van der Waals surface area contributed by atoms with E-state index in [0.29, 0.717) is 32.0 Å². The summed E-state index contributed by atoms with van der Waals surface area (Å²) in [6.45, 7) is 14.3. The first-order valence-corrected chi connectivity index (χ1v) is 20.9. The Morgan fingerprint density at radius 2 is 1.66 bits per heavy atom. The van der Waals surface area contributed by atoms with Crippen molar-refractivity contribution >= 4 is 78.5 Å². The van der Waals surface area contributed by atoms with Crippen LogP contribution in [0.4, 0.5) is 11.4 Å². The van der Waals surface area contributed by atoms with Crippen LogP contribution < -0.4 is 20.9 Å². The van der Waals surface area contributed by atoms with Crippen LogP contribution >= 0.6 is 11.3 Å². The standard InChI is InChI=1S/C39H43N11O3S.C2H6/c1-46-31-18-24(2-3-27(31)35(45-46)28-5-9-33(51)44-38(28)52)49-16-14-47(15-17-49)12-13-48-21-25(22-48)50-20-23(19-42-50)29-6-4-26-30(43-29)7-8-32-34(26)36-37(54-32)39(53)41-11-10-40-36;1-2/h2-4,6-8,18-19,23,25,28,40H,5,9-17,20-22H2,1H3,(H,41,53)(H,44,51,52);1-2H3. The number of pyridine rings is 1. The third-order valence-corrected chi connectivity index (χ3v) is 13.0. The number of rotatable bonds is 7. The van der Waals surface area contributed by atoms with E-state index >= 15 is 0 Å². The first-order chi connectivity index (χ1) is 27.4. The van der Waals surface area contributed by atoms with E-state index < -0.39 is 5.92 Å². The Balaban J connectivity index is 0.00000202. The Hall–Kier alpha value is -5.12. The zero-order chi connectivity index (χ0) is 38.5. The first kappa shape index (κ1) is 36.5. The van der Waals surface area contributed by atoms with Gasteiger partial charge in [0.2, 0.25) is 11.8 Å². The first-order valence-electron chi connectivity index (χ1n) is 20.1. The molecule has 2 aromatic carbocycles. The molecule has 292 valence electrons. The van der Waals surface area contributed by atoms with Crippen LogP contribution in [-0.4, -0.2) is 132 Å². The number of fused-ring (bicyclic) bond motifs is 6. The second kappa shape index (κ2) is 15.1. The average Bonchev–Trinajstić information content (AvgIpc) is 3.89. The molecule has 3 saturated heterocycles. The van der Waals surface area contributed by atoms with Gasteiger partial charge in [-0.2, -0.15) is 10.2 Å². The van der Waals surface area contributed by atoms with Crippen molar-refractivity contribution in [3.8, 4) is 0 Å². The Bertz CT molecular complexity index is 2360. The summed E-state index contributed by atoms with van der Waals surface area (Å²) in [7, 11) is 1.92. The highest BCUT2D eigenvalue weighted by Gasteiger charge is 2.36. The third kappa shape index (κ3) is 6.64. The molecule has 0 bridgehead atoms. The molecule has 5 aliphatic rings. The molecule has 0 spiro atoms. The van der Waals surface area contributed by atoms with E-state index in [-0.39, 0.29) is 23.6 Å². The summed E-state index contributed by atoms with van der Waals surface area (Å²) in [6.07, 6.45) is 2.90. The van der Waals surface area contributed by atoms with E-state index in [9.17, 15) is 14.4 Å². The number of benzene rings is 2. The van der Waals surface area contributed by atoms with Gasteiger partial charge in [-0.15, -0.1) is 11.3 Å². The SMILES string of the molecule is CC.Cn1nc(C2CCC(=O)NC2=O)c2ccc(N3CCN(CCN4CC(N5CC(c6ccc7c(ccc8sc9c(c87)NCCNC9=O)n6)C=N5)C4)CC3)cc21. The summed E-state index contributed by atoms with van der Waals surface area (Å²) in [5.41, 5.74) is 5.85. The Labute approximate surface area is 329 Å². The van der Waals surface area contributed by atoms with Gasteiger partial charge in [-0.1, -0.05) is 19.9 Å². The smallest absolute Gasteiger partial charge is 0.263 e. The number of anilines is 2. The van der Waals surface area contributed by atoms with Crippen molar-refractivity contribution in [2.45, 2.75) is 44.6 Å². The normalized spacial score (nSPS) is 22.1. The number of piperazine rings is 1. The van der Waals surface area contributed by atoms with Crippen molar-refractivity contribution in [3.05, 3.63) is 58.7 Å². The summed E-state index contributed by atoms with van der Waals surface area (Å²) in [6, 6.07) is 15.3. The zero-order valence-electron chi connectivity index (χ0n) is 32.3. The topological polar surface area (TPSA) is 143 Å². The molecule has 2 unspecified atom stereocenters. The van der Waals surface area contributed by atoms with Crippen molar-refractivity contribution < 1.29 is 14.4 Å². The Morgan fingerprint density at radius 3 is 2.48 bits per heavy atom. The maximum Gasteiger partial charge on any atom is 0.263 e. The number of thiophene rings is 1. The molecule has 3 aromatic heterocycles. The van der Waals surface area contributed by atoms with Crippen molar-refractivity contribution in [2.75, 3.05) is 82.2 Å². The lowest BCUT2D eigenvalue weighted by Gasteiger charge is -2.44. The molecule has 3 amide bonds. The van der Waals surface area contributed by atoms with Gasteiger partial charge in [-0.3, -0.25) is 44.2 Å². The number of amides is 3. The number of hydrazone groups is 1. The highest BCUT2D eigenvalue weighted by molar-refractivity contribution is 7.21. The molecule has 5 aromatic rings. The van der Waals surface area contributed by atoms with Gasteiger partial charge >= 0.3 is 0 Å². The minimum absolute atomic E-state index is 0.00802. The van der Waals surface area contributed by atoms with Crippen molar-refractivity contribution in [2.24, 2.45) is 12.1 Å². The minimum Gasteiger partial charge on any atom is -0.381 e. The van der Waals surface area contributed by atoms with Crippen molar-refractivity contribution in [1.29, 1.82) is 0 Å². The van der Waals surface area contributed by atoms with E-state index in [1.165, 1.54) is 17.0 Å². The number of aryl methyl sites for hydroxylation is 1. The van der Waals surface area contributed by atoms with Gasteiger partial charge in [0.05, 0.1) is 46.0 Å². The fourth-order valence-corrected chi connectivity index (χ4v) is 9.89. The van der Waals surface area contributed by atoms with Crippen LogP contribution in [0.2, 0.25) is 0 Å². The molecule has 0 radical (unpaired) electrons.